The Kier molecular flexibility index (Phi) is 3.32. The zero-order chi connectivity index (χ0) is 4.28. The Morgan fingerprint density at radius 2 is 1.80 bits per heavy atom. The Balaban J connectivity index is 2.54. The molecule has 0 rings (SSSR count). The molecule has 0 aromatic carbocycles. The molecule has 2 nitrogen and oxygen atoms in total. The van der Waals surface area contributed by atoms with Gasteiger partial charge >= 0.3 is 0 Å². The van der Waals surface area contributed by atoms with Crippen molar-refractivity contribution in [2.24, 2.45) is 0 Å². The summed E-state index contributed by atoms with van der Waals surface area (Å²) in [5.74, 6) is 0. The fraction of sp³-hybridized carbons (Fsp3) is 1.00. The molecule has 0 radical (unpaired) electrons. The first-order valence-corrected chi connectivity index (χ1v) is 4.07. The van der Waals surface area contributed by atoms with E-state index in [2.05, 4.69) is 0 Å². The maximum Gasteiger partial charge on any atom is 0.232 e. The van der Waals surface area contributed by atoms with Gasteiger partial charge in [0.15, 0.2) is 0 Å². The standard InChI is InChI=1S/CH5O2PS/c1-5-4(2)3/h2-3H,1H3. The van der Waals surface area contributed by atoms with Crippen molar-refractivity contribution in [3.05, 3.63) is 0 Å². The molecular weight excluding hydrogens is 107 g/mol. The van der Waals surface area contributed by atoms with Gasteiger partial charge in [-0.15, -0.1) is 0 Å². The van der Waals surface area contributed by atoms with Crippen LogP contribution in [0.25, 0.3) is 0 Å². The fourth-order valence-electron chi connectivity index (χ4n) is 0. The van der Waals surface area contributed by atoms with E-state index in [-0.39, 0.29) is 0 Å². The first kappa shape index (κ1) is 5.70. The van der Waals surface area contributed by atoms with E-state index in [1.54, 1.807) is 6.26 Å². The van der Waals surface area contributed by atoms with E-state index >= 15 is 0 Å². The monoisotopic (exact) mass is 112 g/mol. The molecule has 0 amide bonds. The van der Waals surface area contributed by atoms with Crippen molar-refractivity contribution in [3.8, 4) is 0 Å². The summed E-state index contributed by atoms with van der Waals surface area (Å²) >= 11 is 1.06. The van der Waals surface area contributed by atoms with Gasteiger partial charge < -0.3 is 9.79 Å². The molecular formula is CH5O2PS. The minimum absolute atomic E-state index is 1.06. The Hall–Kier alpha value is 0.700. The van der Waals surface area contributed by atoms with Gasteiger partial charge in [-0.3, -0.25) is 0 Å². The maximum absolute atomic E-state index is 7.94. The van der Waals surface area contributed by atoms with E-state index in [1.807, 2.05) is 0 Å². The molecule has 0 aromatic rings. The lowest BCUT2D eigenvalue weighted by Crippen LogP contribution is -1.50. The van der Waals surface area contributed by atoms with E-state index in [9.17, 15) is 0 Å². The van der Waals surface area contributed by atoms with Crippen molar-refractivity contribution in [2.45, 2.75) is 0 Å². The van der Waals surface area contributed by atoms with Gasteiger partial charge in [-0.2, -0.15) is 0 Å². The van der Waals surface area contributed by atoms with Crippen LogP contribution in [0.4, 0.5) is 0 Å². The molecule has 0 aliphatic carbocycles. The van der Waals surface area contributed by atoms with Crippen LogP contribution in [0.1, 0.15) is 0 Å². The van der Waals surface area contributed by atoms with Gasteiger partial charge in [-0.25, -0.2) is 0 Å². The highest BCUT2D eigenvalue weighted by Crippen LogP contribution is 2.37. The normalized spacial score (nSPS) is 9.60. The highest BCUT2D eigenvalue weighted by atomic mass is 32.7. The second-order valence-electron chi connectivity index (χ2n) is 0.435. The van der Waals surface area contributed by atoms with Crippen LogP contribution in [0.5, 0.6) is 0 Å². The highest BCUT2D eigenvalue weighted by molar-refractivity contribution is 8.51. The van der Waals surface area contributed by atoms with Crippen LogP contribution in [0.3, 0.4) is 0 Å². The van der Waals surface area contributed by atoms with Crippen molar-refractivity contribution in [3.63, 3.8) is 0 Å². The van der Waals surface area contributed by atoms with Crippen LogP contribution in [-0.4, -0.2) is 16.0 Å². The number of rotatable bonds is 1. The topological polar surface area (TPSA) is 40.5 Å². The molecule has 0 spiro atoms. The van der Waals surface area contributed by atoms with E-state index in [1.165, 1.54) is 0 Å². The SMILES string of the molecule is CSP(O)O. The predicted octanol–water partition coefficient (Wildman–Crippen LogP) is 0.561. The zero-order valence-electron chi connectivity index (χ0n) is 2.75. The van der Waals surface area contributed by atoms with E-state index in [0.29, 0.717) is 0 Å². The van der Waals surface area contributed by atoms with Crippen molar-refractivity contribution in [1.82, 2.24) is 0 Å². The summed E-state index contributed by atoms with van der Waals surface area (Å²) in [5, 5.41) is 0. The molecule has 2 N–H and O–H groups in total. The molecule has 0 heterocycles. The fourth-order valence-corrected chi connectivity index (χ4v) is 0. The first-order valence-electron chi connectivity index (χ1n) is 0.991. The van der Waals surface area contributed by atoms with Crippen LogP contribution in [-0.2, 0) is 0 Å². The Morgan fingerprint density at radius 3 is 1.80 bits per heavy atom. The lowest BCUT2D eigenvalue weighted by Gasteiger charge is -1.87. The molecule has 0 saturated heterocycles. The molecule has 4 heteroatoms. The van der Waals surface area contributed by atoms with Gasteiger partial charge in [0.25, 0.3) is 0 Å². The predicted molar refractivity (Wildman–Crippen MR) is 24.9 cm³/mol. The molecule has 0 aliphatic rings. The largest absolute Gasteiger partial charge is 0.342 e. The molecule has 0 aliphatic heterocycles. The van der Waals surface area contributed by atoms with Gasteiger partial charge in [-0.1, -0.05) is 11.4 Å². The summed E-state index contributed by atoms with van der Waals surface area (Å²) in [4.78, 5) is 15.9. The lowest BCUT2D eigenvalue weighted by atomic mass is 12.0. The van der Waals surface area contributed by atoms with Crippen molar-refractivity contribution in [1.29, 1.82) is 0 Å². The van der Waals surface area contributed by atoms with Crippen LogP contribution in [0.2, 0.25) is 0 Å². The molecule has 0 bridgehead atoms. The van der Waals surface area contributed by atoms with Crippen LogP contribution in [0, 0.1) is 0 Å². The maximum atomic E-state index is 7.94. The van der Waals surface area contributed by atoms with Crippen LogP contribution >= 0.6 is 19.0 Å². The van der Waals surface area contributed by atoms with E-state index < -0.39 is 7.58 Å². The van der Waals surface area contributed by atoms with Crippen molar-refractivity contribution >= 4 is 19.0 Å². The molecule has 32 valence electrons. The third-order valence-corrected chi connectivity index (χ3v) is 1.47. The lowest BCUT2D eigenvalue weighted by molar-refractivity contribution is 0.506. The average molecular weight is 112 g/mol. The Labute approximate surface area is 35.9 Å². The summed E-state index contributed by atoms with van der Waals surface area (Å²) in [7, 11) is -1.68. The average Bonchev–Trinajstić information content (AvgIpc) is 1.38. The van der Waals surface area contributed by atoms with Crippen LogP contribution < -0.4 is 0 Å². The quantitative estimate of drug-likeness (QED) is 0.487. The molecule has 0 saturated carbocycles. The highest BCUT2D eigenvalue weighted by Gasteiger charge is 1.86. The molecule has 5 heavy (non-hydrogen) atoms. The number of hydrogen-bond acceptors (Lipinski definition) is 3. The summed E-state index contributed by atoms with van der Waals surface area (Å²) in [6.07, 6.45) is 1.64. The van der Waals surface area contributed by atoms with Gasteiger partial charge in [0.2, 0.25) is 7.58 Å². The molecule has 0 aromatic heterocycles. The third-order valence-electron chi connectivity index (χ3n) is 0.163. The first-order chi connectivity index (χ1) is 2.27. The van der Waals surface area contributed by atoms with Gasteiger partial charge in [-0.05, 0) is 6.26 Å². The van der Waals surface area contributed by atoms with Crippen molar-refractivity contribution in [2.75, 3.05) is 6.26 Å². The molecule has 0 fully saturated rings. The summed E-state index contributed by atoms with van der Waals surface area (Å²) in [6.45, 7) is 0. The molecule has 0 atom stereocenters. The smallest absolute Gasteiger partial charge is 0.232 e. The second-order valence-corrected chi connectivity index (χ2v) is 3.38. The zero-order valence-corrected chi connectivity index (χ0v) is 4.46. The van der Waals surface area contributed by atoms with Gasteiger partial charge in [0.05, 0.1) is 0 Å². The Bertz CT molecular complexity index is 23.6. The third kappa shape index (κ3) is 4.70. The number of hydrogen-bond donors (Lipinski definition) is 2. The minimum Gasteiger partial charge on any atom is -0.342 e. The Morgan fingerprint density at radius 1 is 1.60 bits per heavy atom. The van der Waals surface area contributed by atoms with E-state index in [4.69, 9.17) is 9.79 Å². The summed E-state index contributed by atoms with van der Waals surface area (Å²) in [6, 6.07) is 0. The van der Waals surface area contributed by atoms with Crippen LogP contribution in [0.15, 0.2) is 0 Å². The second kappa shape index (κ2) is 2.91. The minimum atomic E-state index is -1.68. The summed E-state index contributed by atoms with van der Waals surface area (Å²) < 4.78 is 0. The van der Waals surface area contributed by atoms with E-state index in [0.717, 1.165) is 11.4 Å². The molecule has 0 unspecified atom stereocenters. The van der Waals surface area contributed by atoms with Gasteiger partial charge in [0.1, 0.15) is 0 Å². The van der Waals surface area contributed by atoms with Crippen molar-refractivity contribution < 1.29 is 9.79 Å². The summed E-state index contributed by atoms with van der Waals surface area (Å²) in [5.41, 5.74) is 0. The van der Waals surface area contributed by atoms with Gasteiger partial charge in [0, 0.05) is 0 Å².